The molecule has 0 aliphatic rings. The number of hydrogen-bond acceptors (Lipinski definition) is 4. The number of unbranched alkanes of at least 4 members (excludes halogenated alkanes) is 1. The number of carboxylic acid groups (broad SMARTS) is 1. The lowest BCUT2D eigenvalue weighted by atomic mass is 9.97. The molecule has 3 N–H and O–H groups in total. The molecule has 1 aromatic heterocycles. The summed E-state index contributed by atoms with van der Waals surface area (Å²) in [6, 6.07) is 11.6. The van der Waals surface area contributed by atoms with Gasteiger partial charge in [0.25, 0.3) is 0 Å². The SMILES string of the molecule is CC(C)CNC(=NC#N)Nc1cccc(C(=CCCCC(=O)O)c2cccnc2)c1. The van der Waals surface area contributed by atoms with Gasteiger partial charge in [0.15, 0.2) is 0 Å². The third-order valence-corrected chi connectivity index (χ3v) is 4.19. The van der Waals surface area contributed by atoms with Crippen molar-refractivity contribution in [2.75, 3.05) is 11.9 Å². The van der Waals surface area contributed by atoms with E-state index in [0.29, 0.717) is 31.3 Å². The van der Waals surface area contributed by atoms with E-state index >= 15 is 0 Å². The van der Waals surface area contributed by atoms with Crippen molar-refractivity contribution < 1.29 is 9.90 Å². The van der Waals surface area contributed by atoms with Crippen molar-refractivity contribution in [3.63, 3.8) is 0 Å². The molecule has 0 aliphatic carbocycles. The smallest absolute Gasteiger partial charge is 0.303 e. The van der Waals surface area contributed by atoms with Crippen LogP contribution in [0.25, 0.3) is 5.57 Å². The van der Waals surface area contributed by atoms with Gasteiger partial charge >= 0.3 is 5.97 Å². The van der Waals surface area contributed by atoms with E-state index in [-0.39, 0.29) is 6.42 Å². The van der Waals surface area contributed by atoms with Gasteiger partial charge < -0.3 is 15.7 Å². The number of allylic oxidation sites excluding steroid dienone is 1. The lowest BCUT2D eigenvalue weighted by Gasteiger charge is -2.14. The molecule has 0 fully saturated rings. The number of hydrogen-bond donors (Lipinski definition) is 3. The highest BCUT2D eigenvalue weighted by Gasteiger charge is 2.08. The van der Waals surface area contributed by atoms with Gasteiger partial charge in [0.1, 0.15) is 0 Å². The summed E-state index contributed by atoms with van der Waals surface area (Å²) >= 11 is 0. The average Bonchev–Trinajstić information content (AvgIpc) is 2.73. The molecule has 2 aromatic rings. The molecule has 1 aromatic carbocycles. The summed E-state index contributed by atoms with van der Waals surface area (Å²) < 4.78 is 0. The van der Waals surface area contributed by atoms with Gasteiger partial charge in [-0.15, -0.1) is 4.99 Å². The van der Waals surface area contributed by atoms with E-state index in [1.165, 1.54) is 0 Å². The van der Waals surface area contributed by atoms with E-state index in [1.807, 2.05) is 48.7 Å². The Hall–Kier alpha value is -3.66. The second-order valence-corrected chi connectivity index (χ2v) is 7.19. The van der Waals surface area contributed by atoms with Crippen LogP contribution in [0, 0.1) is 17.4 Å². The molecule has 1 heterocycles. The van der Waals surface area contributed by atoms with Crippen LogP contribution >= 0.6 is 0 Å². The van der Waals surface area contributed by atoms with E-state index in [9.17, 15) is 4.79 Å². The fourth-order valence-corrected chi connectivity index (χ4v) is 2.79. The summed E-state index contributed by atoms with van der Waals surface area (Å²) in [6.45, 7) is 4.84. The summed E-state index contributed by atoms with van der Waals surface area (Å²) in [5.41, 5.74) is 3.68. The fourth-order valence-electron chi connectivity index (χ4n) is 2.79. The highest BCUT2D eigenvalue weighted by atomic mass is 16.4. The van der Waals surface area contributed by atoms with Crippen molar-refractivity contribution in [2.24, 2.45) is 10.9 Å². The molecular formula is C23H27N5O2. The van der Waals surface area contributed by atoms with Gasteiger partial charge in [-0.1, -0.05) is 38.1 Å². The second kappa shape index (κ2) is 12.0. The number of aliphatic carboxylic acids is 1. The largest absolute Gasteiger partial charge is 0.481 e. The number of aliphatic imine (C=N–C) groups is 1. The van der Waals surface area contributed by atoms with Crippen LogP contribution in [-0.4, -0.2) is 28.6 Å². The molecule has 0 unspecified atom stereocenters. The fraction of sp³-hybridized carbons (Fsp3) is 0.304. The number of carbonyl (C=O) groups is 1. The molecule has 0 radical (unpaired) electrons. The first-order valence-electron chi connectivity index (χ1n) is 9.90. The Morgan fingerprint density at radius 1 is 1.30 bits per heavy atom. The average molecular weight is 406 g/mol. The van der Waals surface area contributed by atoms with Crippen molar-refractivity contribution in [3.05, 3.63) is 66.0 Å². The van der Waals surface area contributed by atoms with E-state index in [4.69, 9.17) is 10.4 Å². The summed E-state index contributed by atoms with van der Waals surface area (Å²) in [5.74, 6) is 0.0143. The zero-order valence-electron chi connectivity index (χ0n) is 17.3. The molecule has 0 bridgehead atoms. The predicted octanol–water partition coefficient (Wildman–Crippen LogP) is 4.26. The summed E-state index contributed by atoms with van der Waals surface area (Å²) in [4.78, 5) is 18.8. The van der Waals surface area contributed by atoms with Crippen molar-refractivity contribution in [3.8, 4) is 6.19 Å². The minimum Gasteiger partial charge on any atom is -0.481 e. The van der Waals surface area contributed by atoms with Crippen LogP contribution in [0.4, 0.5) is 5.69 Å². The molecule has 0 spiro atoms. The maximum Gasteiger partial charge on any atom is 0.303 e. The van der Waals surface area contributed by atoms with Crippen LogP contribution in [0.15, 0.2) is 59.9 Å². The van der Waals surface area contributed by atoms with Crippen LogP contribution in [0.5, 0.6) is 0 Å². The van der Waals surface area contributed by atoms with Crippen molar-refractivity contribution in [2.45, 2.75) is 33.1 Å². The minimum atomic E-state index is -0.796. The molecule has 0 saturated heterocycles. The van der Waals surface area contributed by atoms with Crippen LogP contribution in [0.1, 0.15) is 44.2 Å². The van der Waals surface area contributed by atoms with E-state index in [2.05, 4.69) is 34.5 Å². The first-order valence-corrected chi connectivity index (χ1v) is 9.90. The van der Waals surface area contributed by atoms with E-state index < -0.39 is 5.97 Å². The maximum absolute atomic E-state index is 10.8. The van der Waals surface area contributed by atoms with Crippen molar-refractivity contribution in [1.82, 2.24) is 10.3 Å². The summed E-state index contributed by atoms with van der Waals surface area (Å²) in [5, 5.41) is 24.1. The second-order valence-electron chi connectivity index (χ2n) is 7.19. The van der Waals surface area contributed by atoms with E-state index in [1.54, 1.807) is 12.4 Å². The summed E-state index contributed by atoms with van der Waals surface area (Å²) in [6.07, 6.45) is 8.70. The maximum atomic E-state index is 10.8. The highest BCUT2D eigenvalue weighted by molar-refractivity contribution is 5.95. The van der Waals surface area contributed by atoms with Crippen LogP contribution in [0.3, 0.4) is 0 Å². The molecule has 7 nitrogen and oxygen atoms in total. The molecule has 0 amide bonds. The van der Waals surface area contributed by atoms with Gasteiger partial charge in [0, 0.05) is 36.6 Å². The van der Waals surface area contributed by atoms with Crippen LogP contribution in [0.2, 0.25) is 0 Å². The van der Waals surface area contributed by atoms with Crippen molar-refractivity contribution in [1.29, 1.82) is 5.26 Å². The molecule has 7 heteroatoms. The predicted molar refractivity (Wildman–Crippen MR) is 119 cm³/mol. The Balaban J connectivity index is 2.27. The van der Waals surface area contributed by atoms with E-state index in [0.717, 1.165) is 22.4 Å². The van der Waals surface area contributed by atoms with Gasteiger partial charge in [-0.05, 0) is 48.1 Å². The monoisotopic (exact) mass is 405 g/mol. The lowest BCUT2D eigenvalue weighted by Crippen LogP contribution is -2.33. The number of pyridine rings is 1. The third kappa shape index (κ3) is 7.76. The van der Waals surface area contributed by atoms with Gasteiger partial charge in [0.2, 0.25) is 12.2 Å². The van der Waals surface area contributed by atoms with Crippen LogP contribution < -0.4 is 10.6 Å². The molecule has 0 atom stereocenters. The Bertz CT molecular complexity index is 930. The number of nitrogens with zero attached hydrogens (tertiary/aromatic N) is 3. The van der Waals surface area contributed by atoms with Gasteiger partial charge in [0.05, 0.1) is 0 Å². The quantitative estimate of drug-likeness (QED) is 0.249. The highest BCUT2D eigenvalue weighted by Crippen LogP contribution is 2.26. The Kier molecular flexibility index (Phi) is 9.07. The number of benzene rings is 1. The number of aromatic nitrogens is 1. The number of guanidine groups is 1. The molecule has 0 aliphatic heterocycles. The number of carboxylic acids is 1. The third-order valence-electron chi connectivity index (χ3n) is 4.19. The topological polar surface area (TPSA) is 110 Å². The number of nitrogens with one attached hydrogen (secondary N) is 2. The van der Waals surface area contributed by atoms with Gasteiger partial charge in [-0.2, -0.15) is 5.26 Å². The molecular weight excluding hydrogens is 378 g/mol. The Morgan fingerprint density at radius 3 is 2.77 bits per heavy atom. The number of rotatable bonds is 9. The zero-order chi connectivity index (χ0) is 21.8. The van der Waals surface area contributed by atoms with Crippen LogP contribution in [-0.2, 0) is 4.79 Å². The Morgan fingerprint density at radius 2 is 2.10 bits per heavy atom. The molecule has 0 saturated carbocycles. The van der Waals surface area contributed by atoms with Gasteiger partial charge in [-0.3, -0.25) is 9.78 Å². The summed E-state index contributed by atoms with van der Waals surface area (Å²) in [7, 11) is 0. The standard InChI is InChI=1S/C23H27N5O2/c1-17(2)14-26-23(27-16-24)28-20-9-5-7-18(13-20)21(10-3-4-11-22(29)30)19-8-6-12-25-15-19/h5-10,12-13,15,17H,3-4,11,14H2,1-2H3,(H,29,30)(H2,26,27,28). The Labute approximate surface area is 177 Å². The molecule has 156 valence electrons. The minimum absolute atomic E-state index is 0.133. The first kappa shape index (κ1) is 22.6. The first-order chi connectivity index (χ1) is 14.5. The van der Waals surface area contributed by atoms with Gasteiger partial charge in [-0.25, -0.2) is 0 Å². The van der Waals surface area contributed by atoms with Crippen molar-refractivity contribution >= 4 is 23.2 Å². The molecule has 30 heavy (non-hydrogen) atoms. The number of nitriles is 1. The number of anilines is 1. The molecule has 2 rings (SSSR count). The zero-order valence-corrected chi connectivity index (χ0v) is 17.3. The lowest BCUT2D eigenvalue weighted by molar-refractivity contribution is -0.137. The normalized spacial score (nSPS) is 11.8.